The third-order valence-electron chi connectivity index (χ3n) is 2.63. The highest BCUT2D eigenvalue weighted by molar-refractivity contribution is 5.93. The minimum atomic E-state index is -0.429. The lowest BCUT2D eigenvalue weighted by molar-refractivity contribution is 0.0517. The molecule has 20 heavy (non-hydrogen) atoms. The highest BCUT2D eigenvalue weighted by Gasteiger charge is 2.14. The summed E-state index contributed by atoms with van der Waals surface area (Å²) in [5, 5.41) is 0. The van der Waals surface area contributed by atoms with E-state index in [0.717, 1.165) is 19.4 Å². The molecule has 1 aromatic rings. The summed E-state index contributed by atoms with van der Waals surface area (Å²) in [6.07, 6.45) is 2.14. The molecule has 0 atom stereocenters. The second-order valence-corrected chi connectivity index (χ2v) is 4.29. The molecular weight excluding hydrogens is 258 g/mol. The van der Waals surface area contributed by atoms with E-state index in [-0.39, 0.29) is 0 Å². The Bertz CT molecular complexity index is 420. The molecule has 5 heteroatoms. The van der Waals surface area contributed by atoms with Gasteiger partial charge in [-0.3, -0.25) is 0 Å². The van der Waals surface area contributed by atoms with E-state index in [4.69, 9.17) is 19.9 Å². The summed E-state index contributed by atoms with van der Waals surface area (Å²) in [6, 6.07) is 4.93. The largest absolute Gasteiger partial charge is 0.490 e. The van der Waals surface area contributed by atoms with E-state index in [1.165, 1.54) is 0 Å². The summed E-state index contributed by atoms with van der Waals surface area (Å²) in [6.45, 7) is 5.79. The summed E-state index contributed by atoms with van der Waals surface area (Å²) in [4.78, 5) is 11.8. The number of hydrogen-bond acceptors (Lipinski definition) is 5. The zero-order valence-corrected chi connectivity index (χ0v) is 12.2. The van der Waals surface area contributed by atoms with Gasteiger partial charge in [0.25, 0.3) is 0 Å². The molecule has 0 aromatic heterocycles. The second-order valence-electron chi connectivity index (χ2n) is 4.29. The van der Waals surface area contributed by atoms with Crippen LogP contribution in [-0.2, 0) is 9.47 Å². The SMILES string of the molecule is CCCCOCCOc1ccc(N)cc1C(=O)OCC. The first-order valence-corrected chi connectivity index (χ1v) is 6.96. The maximum atomic E-state index is 11.8. The fraction of sp³-hybridized carbons (Fsp3) is 0.533. The lowest BCUT2D eigenvalue weighted by Gasteiger charge is -2.11. The van der Waals surface area contributed by atoms with Gasteiger partial charge in [-0.15, -0.1) is 0 Å². The van der Waals surface area contributed by atoms with Crippen LogP contribution < -0.4 is 10.5 Å². The standard InChI is InChI=1S/C15H23NO4/c1-3-5-8-18-9-10-20-14-7-6-12(16)11-13(14)15(17)19-4-2/h6-7,11H,3-5,8-10,16H2,1-2H3. The van der Waals surface area contributed by atoms with Crippen LogP contribution in [0.1, 0.15) is 37.0 Å². The van der Waals surface area contributed by atoms with E-state index < -0.39 is 5.97 Å². The molecule has 0 aliphatic heterocycles. The number of unbranched alkanes of at least 4 members (excludes halogenated alkanes) is 1. The topological polar surface area (TPSA) is 70.8 Å². The van der Waals surface area contributed by atoms with Gasteiger partial charge >= 0.3 is 5.97 Å². The van der Waals surface area contributed by atoms with Gasteiger partial charge in [0.15, 0.2) is 0 Å². The van der Waals surface area contributed by atoms with E-state index in [2.05, 4.69) is 6.92 Å². The smallest absolute Gasteiger partial charge is 0.341 e. The molecule has 112 valence electrons. The normalized spacial score (nSPS) is 10.3. The molecule has 0 spiro atoms. The number of anilines is 1. The highest BCUT2D eigenvalue weighted by atomic mass is 16.5. The highest BCUT2D eigenvalue weighted by Crippen LogP contribution is 2.22. The van der Waals surface area contributed by atoms with Crippen molar-refractivity contribution in [1.29, 1.82) is 0 Å². The maximum Gasteiger partial charge on any atom is 0.341 e. The zero-order chi connectivity index (χ0) is 14.8. The minimum absolute atomic E-state index is 0.313. The molecule has 2 N–H and O–H groups in total. The number of nitrogen functional groups attached to an aromatic ring is 1. The molecule has 0 heterocycles. The van der Waals surface area contributed by atoms with Crippen molar-refractivity contribution in [2.24, 2.45) is 0 Å². The average molecular weight is 281 g/mol. The van der Waals surface area contributed by atoms with E-state index in [9.17, 15) is 4.79 Å². The van der Waals surface area contributed by atoms with Crippen molar-refractivity contribution in [1.82, 2.24) is 0 Å². The van der Waals surface area contributed by atoms with Gasteiger partial charge in [-0.05, 0) is 31.5 Å². The van der Waals surface area contributed by atoms with Crippen molar-refractivity contribution < 1.29 is 19.0 Å². The van der Waals surface area contributed by atoms with Crippen LogP contribution in [0.2, 0.25) is 0 Å². The molecule has 0 fully saturated rings. The molecule has 0 bridgehead atoms. The lowest BCUT2D eigenvalue weighted by atomic mass is 10.2. The van der Waals surface area contributed by atoms with E-state index in [1.54, 1.807) is 25.1 Å². The molecular formula is C15H23NO4. The van der Waals surface area contributed by atoms with Crippen molar-refractivity contribution in [3.05, 3.63) is 23.8 Å². The lowest BCUT2D eigenvalue weighted by Crippen LogP contribution is -2.12. The molecule has 0 saturated heterocycles. The van der Waals surface area contributed by atoms with Gasteiger partial charge in [0, 0.05) is 12.3 Å². The van der Waals surface area contributed by atoms with Crippen LogP contribution in [0.25, 0.3) is 0 Å². The van der Waals surface area contributed by atoms with E-state index >= 15 is 0 Å². The third kappa shape index (κ3) is 5.48. The van der Waals surface area contributed by atoms with Gasteiger partial charge in [-0.1, -0.05) is 13.3 Å². The summed E-state index contributed by atoms with van der Waals surface area (Å²) in [7, 11) is 0. The Balaban J connectivity index is 2.53. The first-order chi connectivity index (χ1) is 9.69. The monoisotopic (exact) mass is 281 g/mol. The molecule has 1 rings (SSSR count). The molecule has 0 saturated carbocycles. The Morgan fingerprint density at radius 3 is 2.70 bits per heavy atom. The van der Waals surface area contributed by atoms with Crippen LogP contribution in [0.15, 0.2) is 18.2 Å². The fourth-order valence-corrected chi connectivity index (χ4v) is 1.60. The van der Waals surface area contributed by atoms with Gasteiger partial charge < -0.3 is 19.9 Å². The average Bonchev–Trinajstić information content (AvgIpc) is 2.44. The van der Waals surface area contributed by atoms with Gasteiger partial charge in [0.05, 0.1) is 13.2 Å². The van der Waals surface area contributed by atoms with Crippen molar-refractivity contribution in [3.8, 4) is 5.75 Å². The number of nitrogens with two attached hydrogens (primary N) is 1. The van der Waals surface area contributed by atoms with Crippen molar-refractivity contribution in [2.75, 3.05) is 32.2 Å². The Morgan fingerprint density at radius 1 is 1.20 bits per heavy atom. The van der Waals surface area contributed by atoms with E-state index in [0.29, 0.717) is 36.8 Å². The number of esters is 1. The minimum Gasteiger partial charge on any atom is -0.490 e. The number of carbonyl (C=O) groups excluding carboxylic acids is 1. The fourth-order valence-electron chi connectivity index (χ4n) is 1.60. The molecule has 5 nitrogen and oxygen atoms in total. The predicted octanol–water partition coefficient (Wildman–Crippen LogP) is 2.64. The molecule has 0 aliphatic carbocycles. The van der Waals surface area contributed by atoms with Gasteiger partial charge in [-0.2, -0.15) is 0 Å². The predicted molar refractivity (Wildman–Crippen MR) is 78.0 cm³/mol. The Hall–Kier alpha value is -1.75. The van der Waals surface area contributed by atoms with Crippen molar-refractivity contribution >= 4 is 11.7 Å². The third-order valence-corrected chi connectivity index (χ3v) is 2.63. The number of carbonyl (C=O) groups is 1. The van der Waals surface area contributed by atoms with Gasteiger partial charge in [0.2, 0.25) is 0 Å². The molecule has 0 unspecified atom stereocenters. The molecule has 0 aliphatic rings. The number of ether oxygens (including phenoxy) is 3. The van der Waals surface area contributed by atoms with Crippen LogP contribution in [-0.4, -0.2) is 32.4 Å². The van der Waals surface area contributed by atoms with Crippen LogP contribution in [0.3, 0.4) is 0 Å². The van der Waals surface area contributed by atoms with Crippen LogP contribution in [0, 0.1) is 0 Å². The maximum absolute atomic E-state index is 11.8. The first-order valence-electron chi connectivity index (χ1n) is 6.96. The van der Waals surface area contributed by atoms with Crippen LogP contribution >= 0.6 is 0 Å². The Labute approximate surface area is 120 Å². The molecule has 0 amide bonds. The van der Waals surface area contributed by atoms with E-state index in [1.807, 2.05) is 0 Å². The second kappa shape index (κ2) is 9.20. The van der Waals surface area contributed by atoms with Crippen LogP contribution in [0.5, 0.6) is 5.75 Å². The first kappa shape index (κ1) is 16.3. The van der Waals surface area contributed by atoms with Gasteiger partial charge in [0.1, 0.15) is 17.9 Å². The number of hydrogen-bond donors (Lipinski definition) is 1. The number of rotatable bonds is 9. The van der Waals surface area contributed by atoms with Crippen LogP contribution in [0.4, 0.5) is 5.69 Å². The quantitative estimate of drug-likeness (QED) is 0.428. The van der Waals surface area contributed by atoms with Crippen molar-refractivity contribution in [3.63, 3.8) is 0 Å². The Kier molecular flexibility index (Phi) is 7.50. The van der Waals surface area contributed by atoms with Crippen molar-refractivity contribution in [2.45, 2.75) is 26.7 Å². The summed E-state index contributed by atoms with van der Waals surface area (Å²) in [5.74, 6) is 0.0402. The number of benzene rings is 1. The zero-order valence-electron chi connectivity index (χ0n) is 12.2. The molecule has 1 aromatic carbocycles. The Morgan fingerprint density at radius 2 is 2.00 bits per heavy atom. The summed E-state index contributed by atoms with van der Waals surface area (Å²) < 4.78 is 15.9. The molecule has 0 radical (unpaired) electrons. The summed E-state index contributed by atoms with van der Waals surface area (Å²) >= 11 is 0. The van der Waals surface area contributed by atoms with Gasteiger partial charge in [-0.25, -0.2) is 4.79 Å². The summed E-state index contributed by atoms with van der Waals surface area (Å²) in [5.41, 5.74) is 6.53.